The van der Waals surface area contributed by atoms with E-state index in [4.69, 9.17) is 9.47 Å². The molecule has 2 atom stereocenters. The number of nitrogens with zero attached hydrogens (tertiary/aromatic N) is 4. The van der Waals surface area contributed by atoms with Crippen molar-refractivity contribution in [2.75, 3.05) is 57.9 Å². The van der Waals surface area contributed by atoms with Gasteiger partial charge in [-0.2, -0.15) is 26.3 Å². The number of piperidine rings is 1. The van der Waals surface area contributed by atoms with E-state index < -0.39 is 71.6 Å². The van der Waals surface area contributed by atoms with Crippen molar-refractivity contribution >= 4 is 23.4 Å². The first-order valence-corrected chi connectivity index (χ1v) is 15.9. The van der Waals surface area contributed by atoms with E-state index in [0.717, 1.165) is 41.6 Å². The zero-order valence-corrected chi connectivity index (χ0v) is 27.3. The molecule has 0 radical (unpaired) electrons. The Kier molecular flexibility index (Phi) is 11.0. The second-order valence-electron chi connectivity index (χ2n) is 12.0. The third-order valence-corrected chi connectivity index (χ3v) is 8.76. The van der Waals surface area contributed by atoms with Gasteiger partial charge >= 0.3 is 12.4 Å². The average Bonchev–Trinajstić information content (AvgIpc) is 3.12. The molecule has 0 bridgehead atoms. The van der Waals surface area contributed by atoms with Crippen molar-refractivity contribution in [3.63, 3.8) is 0 Å². The first-order chi connectivity index (χ1) is 24.2. The minimum atomic E-state index is -4.90. The van der Waals surface area contributed by atoms with Crippen molar-refractivity contribution in [1.82, 2.24) is 20.1 Å². The third-order valence-electron chi connectivity index (χ3n) is 8.76. The molecule has 51 heavy (non-hydrogen) atoms. The number of benzene rings is 2. The minimum Gasteiger partial charge on any atom is -0.495 e. The number of methoxy groups -OCH3 is 1. The van der Waals surface area contributed by atoms with Crippen molar-refractivity contribution < 1.29 is 55.3 Å². The van der Waals surface area contributed by atoms with Crippen molar-refractivity contribution in [1.29, 1.82) is 0 Å². The van der Waals surface area contributed by atoms with Gasteiger partial charge in [0.15, 0.2) is 0 Å². The molecule has 3 heterocycles. The lowest BCUT2D eigenvalue weighted by Gasteiger charge is -2.48. The van der Waals surface area contributed by atoms with Crippen molar-refractivity contribution in [2.24, 2.45) is 0 Å². The van der Waals surface area contributed by atoms with Crippen LogP contribution in [0.1, 0.15) is 34.3 Å². The van der Waals surface area contributed by atoms with Gasteiger partial charge in [-0.3, -0.25) is 19.4 Å². The van der Waals surface area contributed by atoms with Gasteiger partial charge in [0.05, 0.1) is 42.6 Å². The summed E-state index contributed by atoms with van der Waals surface area (Å²) in [4.78, 5) is 49.8. The normalized spacial score (nSPS) is 19.8. The summed E-state index contributed by atoms with van der Waals surface area (Å²) in [6.45, 7) is -1.11. The maximum Gasteiger partial charge on any atom is 0.417 e. The fourth-order valence-corrected chi connectivity index (χ4v) is 6.34. The van der Waals surface area contributed by atoms with Gasteiger partial charge in [0.2, 0.25) is 11.5 Å². The summed E-state index contributed by atoms with van der Waals surface area (Å²) in [5.74, 6) is -2.18. The monoisotopic (exact) mass is 723 g/mol. The highest BCUT2D eigenvalue weighted by atomic mass is 19.4. The van der Waals surface area contributed by atoms with Crippen molar-refractivity contribution in [3.8, 4) is 11.5 Å². The van der Waals surface area contributed by atoms with Crippen LogP contribution >= 0.6 is 0 Å². The number of amides is 3. The second-order valence-corrected chi connectivity index (χ2v) is 12.0. The Morgan fingerprint density at radius 2 is 1.71 bits per heavy atom. The van der Waals surface area contributed by atoms with Crippen LogP contribution in [0.3, 0.4) is 0 Å². The lowest BCUT2D eigenvalue weighted by Crippen LogP contribution is -2.68. The number of carbonyl (C=O) groups excluding carboxylic acids is 3. The van der Waals surface area contributed by atoms with Gasteiger partial charge in [-0.05, 0) is 55.3 Å². The van der Waals surface area contributed by atoms with Crippen LogP contribution in [0.5, 0.6) is 11.5 Å². The van der Waals surface area contributed by atoms with Crippen molar-refractivity contribution in [2.45, 2.75) is 36.8 Å². The summed E-state index contributed by atoms with van der Waals surface area (Å²) >= 11 is 0. The van der Waals surface area contributed by atoms with Crippen molar-refractivity contribution in [3.05, 3.63) is 83.7 Å². The summed E-state index contributed by atoms with van der Waals surface area (Å²) in [6, 6.07) is 10.00. The molecular formula is C34H35F6N5O6. The highest BCUT2D eigenvalue weighted by Crippen LogP contribution is 2.37. The van der Waals surface area contributed by atoms with Gasteiger partial charge in [0, 0.05) is 45.1 Å². The van der Waals surface area contributed by atoms with Gasteiger partial charge in [-0.15, -0.1) is 0 Å². The number of piperazine rings is 1. The average molecular weight is 724 g/mol. The molecule has 2 aliphatic heterocycles. The van der Waals surface area contributed by atoms with Gasteiger partial charge in [0.25, 0.3) is 11.8 Å². The van der Waals surface area contributed by atoms with Gasteiger partial charge in [-0.25, -0.2) is 0 Å². The number of carbonyl (C=O) groups is 3. The van der Waals surface area contributed by atoms with Crippen LogP contribution < -0.4 is 19.7 Å². The van der Waals surface area contributed by atoms with Crippen LogP contribution in [0, 0.1) is 0 Å². The van der Waals surface area contributed by atoms with Crippen LogP contribution in [-0.4, -0.2) is 102 Å². The number of halogens is 6. The number of rotatable bonds is 9. The van der Waals surface area contributed by atoms with E-state index in [1.54, 1.807) is 24.3 Å². The summed E-state index contributed by atoms with van der Waals surface area (Å²) in [7, 11) is 1.48. The number of aliphatic hydroxyl groups excluding tert-OH is 1. The molecule has 0 spiro atoms. The molecule has 5 rings (SSSR count). The summed E-state index contributed by atoms with van der Waals surface area (Å²) in [5, 5.41) is 12.0. The largest absolute Gasteiger partial charge is 0.495 e. The molecule has 0 unspecified atom stereocenters. The quantitative estimate of drug-likeness (QED) is 0.318. The molecule has 2 N–H and O–H groups in total. The maximum absolute atomic E-state index is 14.8. The minimum absolute atomic E-state index is 0.0486. The number of likely N-dealkylation sites (tertiary alicyclic amines) is 1. The molecule has 1 aromatic heterocycles. The lowest BCUT2D eigenvalue weighted by molar-refractivity contribution is -0.158. The molecular weight excluding hydrogens is 688 g/mol. The molecule has 3 amide bonds. The number of para-hydroxylation sites is 2. The molecule has 2 aliphatic rings. The number of hydrogen-bond acceptors (Lipinski definition) is 8. The molecule has 17 heteroatoms. The van der Waals surface area contributed by atoms with Crippen LogP contribution in [0.4, 0.5) is 32.0 Å². The van der Waals surface area contributed by atoms with E-state index in [9.17, 15) is 45.8 Å². The summed E-state index contributed by atoms with van der Waals surface area (Å²) in [6.07, 6.45) is -7.93. The van der Waals surface area contributed by atoms with Gasteiger partial charge < -0.3 is 34.6 Å². The topological polar surface area (TPSA) is 125 Å². The molecule has 274 valence electrons. The Bertz CT molecular complexity index is 1720. The number of aromatic nitrogens is 1. The second kappa shape index (κ2) is 15.0. The SMILES string of the molecule is COc1ccccc1N1CCN(C(=O)[C@]2(Oc3ccc(C(F)(F)F)cc3)CCCN(C(=O)c3cnccc3C(F)(F)F)C2)[C@H](C(=O)NCCO)C1. The number of ether oxygens (including phenoxy) is 2. The predicted molar refractivity (Wildman–Crippen MR) is 170 cm³/mol. The Morgan fingerprint density at radius 1 is 0.980 bits per heavy atom. The van der Waals surface area contributed by atoms with E-state index in [1.807, 2.05) is 4.90 Å². The smallest absolute Gasteiger partial charge is 0.417 e. The summed E-state index contributed by atoms with van der Waals surface area (Å²) < 4.78 is 93.4. The highest BCUT2D eigenvalue weighted by molar-refractivity contribution is 5.97. The third kappa shape index (κ3) is 8.13. The van der Waals surface area contributed by atoms with Crippen LogP contribution in [-0.2, 0) is 21.9 Å². The van der Waals surface area contributed by atoms with E-state index in [-0.39, 0.29) is 51.3 Å². The fourth-order valence-electron chi connectivity index (χ4n) is 6.34. The number of hydrogen-bond donors (Lipinski definition) is 2. The first kappa shape index (κ1) is 37.2. The predicted octanol–water partition coefficient (Wildman–Crippen LogP) is 4.01. The van der Waals surface area contributed by atoms with Crippen LogP contribution in [0.2, 0.25) is 0 Å². The number of alkyl halides is 6. The number of pyridine rings is 1. The Hall–Kier alpha value is -5.06. The molecule has 3 aromatic rings. The fraction of sp³-hybridized carbons (Fsp3) is 0.412. The zero-order valence-electron chi connectivity index (χ0n) is 27.3. The van der Waals surface area contributed by atoms with E-state index >= 15 is 0 Å². The van der Waals surface area contributed by atoms with Gasteiger partial charge in [0.1, 0.15) is 17.5 Å². The summed E-state index contributed by atoms with van der Waals surface area (Å²) in [5.41, 5.74) is -4.37. The van der Waals surface area contributed by atoms with Crippen LogP contribution in [0.15, 0.2) is 67.0 Å². The molecule has 11 nitrogen and oxygen atoms in total. The highest BCUT2D eigenvalue weighted by Gasteiger charge is 2.52. The molecule has 0 saturated carbocycles. The van der Waals surface area contributed by atoms with Crippen LogP contribution in [0.25, 0.3) is 0 Å². The maximum atomic E-state index is 14.8. The molecule has 2 aromatic carbocycles. The van der Waals surface area contributed by atoms with Gasteiger partial charge in [-0.1, -0.05) is 12.1 Å². The zero-order chi connectivity index (χ0) is 37.0. The van der Waals surface area contributed by atoms with E-state index in [2.05, 4.69) is 10.3 Å². The standard InChI is InChI=1S/C34H35F6N5O6/c1-50-28-6-3-2-5-26(28)43-16-17-45(27(20-43)29(47)42-14-18-46)31(49)32(51-23-9-7-22(8-10-23)33(35,36)37)12-4-15-44(21-32)30(48)24-19-41-13-11-25(24)34(38,39)40/h2-3,5-11,13,19,27,46H,4,12,14-18,20-21H2,1H3,(H,42,47)/t27-,32-/m0/s1. The number of nitrogens with one attached hydrogen (secondary N) is 1. The Morgan fingerprint density at radius 3 is 2.37 bits per heavy atom. The number of aliphatic hydroxyl groups is 1. The van der Waals surface area contributed by atoms with E-state index in [0.29, 0.717) is 17.5 Å². The molecule has 2 saturated heterocycles. The van der Waals surface area contributed by atoms with E-state index in [1.165, 1.54) is 12.0 Å². The molecule has 0 aliphatic carbocycles. The number of anilines is 1. The Balaban J connectivity index is 1.53. The molecule has 2 fully saturated rings. The first-order valence-electron chi connectivity index (χ1n) is 15.9. The Labute approximate surface area is 288 Å². The lowest BCUT2D eigenvalue weighted by atomic mass is 9.88.